The highest BCUT2D eigenvalue weighted by Crippen LogP contribution is 2.32. The maximum absolute atomic E-state index is 4.37. The van der Waals surface area contributed by atoms with E-state index in [0.717, 1.165) is 18.9 Å². The standard InChI is InChI=1S/C15H21N5/c1-11-14(10-18-19-11)13-4-8-20(9-5-13)12(2)15-16-6-3-7-17-15/h3,6-7,10,12-13H,4-5,8-9H2,1-2H3,(H,18,19). The number of hydrogen-bond donors (Lipinski definition) is 1. The predicted molar refractivity (Wildman–Crippen MR) is 77.3 cm³/mol. The van der Waals surface area contributed by atoms with E-state index >= 15 is 0 Å². The van der Waals surface area contributed by atoms with E-state index in [1.165, 1.54) is 24.1 Å². The number of aryl methyl sites for hydroxylation is 1. The van der Waals surface area contributed by atoms with Gasteiger partial charge in [0, 0.05) is 18.1 Å². The van der Waals surface area contributed by atoms with Crippen molar-refractivity contribution < 1.29 is 0 Å². The zero-order chi connectivity index (χ0) is 13.9. The molecular formula is C15H21N5. The van der Waals surface area contributed by atoms with Gasteiger partial charge in [0.15, 0.2) is 0 Å². The van der Waals surface area contributed by atoms with Gasteiger partial charge < -0.3 is 0 Å². The van der Waals surface area contributed by atoms with Gasteiger partial charge in [-0.15, -0.1) is 0 Å². The summed E-state index contributed by atoms with van der Waals surface area (Å²) < 4.78 is 0. The summed E-state index contributed by atoms with van der Waals surface area (Å²) in [6.07, 6.45) is 7.98. The van der Waals surface area contributed by atoms with Gasteiger partial charge in [-0.25, -0.2) is 9.97 Å². The fraction of sp³-hybridized carbons (Fsp3) is 0.533. The fourth-order valence-corrected chi connectivity index (χ4v) is 3.06. The Morgan fingerprint density at radius 3 is 2.55 bits per heavy atom. The van der Waals surface area contributed by atoms with Crippen molar-refractivity contribution in [3.8, 4) is 0 Å². The van der Waals surface area contributed by atoms with Crippen molar-refractivity contribution >= 4 is 0 Å². The number of nitrogens with zero attached hydrogens (tertiary/aromatic N) is 4. The number of hydrogen-bond acceptors (Lipinski definition) is 4. The van der Waals surface area contributed by atoms with Crippen molar-refractivity contribution in [2.45, 2.75) is 38.6 Å². The van der Waals surface area contributed by atoms with Crippen LogP contribution < -0.4 is 0 Å². The van der Waals surface area contributed by atoms with Crippen LogP contribution in [-0.2, 0) is 0 Å². The molecule has 3 rings (SSSR count). The first-order valence-corrected chi connectivity index (χ1v) is 7.26. The van der Waals surface area contributed by atoms with Crippen molar-refractivity contribution in [1.82, 2.24) is 25.1 Å². The van der Waals surface area contributed by atoms with Crippen LogP contribution in [0.1, 0.15) is 48.8 Å². The molecule has 0 amide bonds. The van der Waals surface area contributed by atoms with Crippen molar-refractivity contribution in [2.24, 2.45) is 0 Å². The molecule has 2 aromatic heterocycles. The van der Waals surface area contributed by atoms with Gasteiger partial charge in [-0.05, 0) is 57.3 Å². The lowest BCUT2D eigenvalue weighted by molar-refractivity contribution is 0.156. The summed E-state index contributed by atoms with van der Waals surface area (Å²) in [6, 6.07) is 2.16. The lowest BCUT2D eigenvalue weighted by atomic mass is 9.89. The summed E-state index contributed by atoms with van der Waals surface area (Å²) in [5.74, 6) is 1.55. The molecule has 20 heavy (non-hydrogen) atoms. The molecule has 1 saturated heterocycles. The second-order valence-corrected chi connectivity index (χ2v) is 5.54. The average Bonchev–Trinajstić information content (AvgIpc) is 2.94. The van der Waals surface area contributed by atoms with Crippen molar-refractivity contribution in [1.29, 1.82) is 0 Å². The molecule has 1 aliphatic heterocycles. The third-order valence-corrected chi connectivity index (χ3v) is 4.35. The van der Waals surface area contributed by atoms with Gasteiger partial charge in [-0.1, -0.05) is 0 Å². The monoisotopic (exact) mass is 271 g/mol. The summed E-state index contributed by atoms with van der Waals surface area (Å²) in [4.78, 5) is 11.2. The molecule has 0 spiro atoms. The molecule has 0 saturated carbocycles. The number of aromatic nitrogens is 4. The van der Waals surface area contributed by atoms with E-state index in [1.54, 1.807) is 0 Å². The van der Waals surface area contributed by atoms with Crippen molar-refractivity contribution in [3.63, 3.8) is 0 Å². The molecular weight excluding hydrogens is 250 g/mol. The Balaban J connectivity index is 1.63. The molecule has 1 fully saturated rings. The quantitative estimate of drug-likeness (QED) is 0.931. The number of nitrogens with one attached hydrogen (secondary N) is 1. The van der Waals surface area contributed by atoms with E-state index < -0.39 is 0 Å². The Kier molecular flexibility index (Phi) is 3.78. The molecule has 5 nitrogen and oxygen atoms in total. The summed E-state index contributed by atoms with van der Waals surface area (Å²) in [7, 11) is 0. The smallest absolute Gasteiger partial charge is 0.145 e. The molecule has 1 unspecified atom stereocenters. The van der Waals surface area contributed by atoms with Gasteiger partial charge in [0.05, 0.1) is 12.2 Å². The highest BCUT2D eigenvalue weighted by Gasteiger charge is 2.26. The SMILES string of the molecule is Cc1[nH]ncc1C1CCN(C(C)c2ncccn2)CC1. The van der Waals surface area contributed by atoms with Crippen LogP contribution in [0.25, 0.3) is 0 Å². The zero-order valence-corrected chi connectivity index (χ0v) is 12.1. The highest BCUT2D eigenvalue weighted by molar-refractivity contribution is 5.20. The molecule has 2 aromatic rings. The van der Waals surface area contributed by atoms with E-state index in [2.05, 4.69) is 38.9 Å². The van der Waals surface area contributed by atoms with Crippen molar-refractivity contribution in [3.05, 3.63) is 41.7 Å². The number of likely N-dealkylation sites (tertiary alicyclic amines) is 1. The minimum atomic E-state index is 0.294. The molecule has 0 aliphatic carbocycles. The van der Waals surface area contributed by atoms with Crippen LogP contribution in [0.3, 0.4) is 0 Å². The van der Waals surface area contributed by atoms with Gasteiger partial charge in [0.1, 0.15) is 5.82 Å². The first kappa shape index (κ1) is 13.2. The van der Waals surface area contributed by atoms with Gasteiger partial charge in [0.2, 0.25) is 0 Å². The molecule has 1 N–H and O–H groups in total. The first-order chi connectivity index (χ1) is 9.75. The molecule has 0 radical (unpaired) electrons. The maximum Gasteiger partial charge on any atom is 0.145 e. The Morgan fingerprint density at radius 2 is 1.95 bits per heavy atom. The van der Waals surface area contributed by atoms with Crippen LogP contribution in [0.4, 0.5) is 0 Å². The Labute approximate surface area is 119 Å². The number of piperidine rings is 1. The van der Waals surface area contributed by atoms with Gasteiger partial charge >= 0.3 is 0 Å². The number of rotatable bonds is 3. The lowest BCUT2D eigenvalue weighted by Gasteiger charge is -2.35. The third kappa shape index (κ3) is 2.58. The van der Waals surface area contributed by atoms with Gasteiger partial charge in [-0.2, -0.15) is 5.10 Å². The lowest BCUT2D eigenvalue weighted by Crippen LogP contribution is -2.35. The molecule has 1 aliphatic rings. The van der Waals surface area contributed by atoms with Crippen LogP contribution >= 0.6 is 0 Å². The topological polar surface area (TPSA) is 57.7 Å². The zero-order valence-electron chi connectivity index (χ0n) is 12.1. The Hall–Kier alpha value is -1.75. The average molecular weight is 271 g/mol. The molecule has 3 heterocycles. The minimum Gasteiger partial charge on any atom is -0.294 e. The van der Waals surface area contributed by atoms with Gasteiger partial charge in [0.25, 0.3) is 0 Å². The summed E-state index contributed by atoms with van der Waals surface area (Å²) >= 11 is 0. The number of H-pyrrole nitrogens is 1. The van der Waals surface area contributed by atoms with Crippen LogP contribution in [-0.4, -0.2) is 38.2 Å². The van der Waals surface area contributed by atoms with Gasteiger partial charge in [-0.3, -0.25) is 10.00 Å². The predicted octanol–water partition coefficient (Wildman–Crippen LogP) is 2.45. The first-order valence-electron chi connectivity index (χ1n) is 7.26. The molecule has 0 bridgehead atoms. The van der Waals surface area contributed by atoms with E-state index in [1.807, 2.05) is 24.7 Å². The molecule has 0 aromatic carbocycles. The third-order valence-electron chi connectivity index (χ3n) is 4.35. The van der Waals surface area contributed by atoms with E-state index in [-0.39, 0.29) is 0 Å². The second kappa shape index (κ2) is 5.71. The van der Waals surface area contributed by atoms with Crippen LogP contribution in [0.15, 0.2) is 24.7 Å². The largest absolute Gasteiger partial charge is 0.294 e. The van der Waals surface area contributed by atoms with Crippen LogP contribution in [0.5, 0.6) is 0 Å². The van der Waals surface area contributed by atoms with E-state index in [9.17, 15) is 0 Å². The summed E-state index contributed by atoms with van der Waals surface area (Å²) in [6.45, 7) is 6.48. The molecule has 5 heteroatoms. The minimum absolute atomic E-state index is 0.294. The second-order valence-electron chi connectivity index (χ2n) is 5.54. The highest BCUT2D eigenvalue weighted by atomic mass is 15.2. The summed E-state index contributed by atoms with van der Waals surface area (Å²) in [5.41, 5.74) is 2.59. The number of aromatic amines is 1. The normalized spacial score (nSPS) is 19.1. The molecule has 1 atom stereocenters. The molecule has 106 valence electrons. The van der Waals surface area contributed by atoms with E-state index in [0.29, 0.717) is 12.0 Å². The fourth-order valence-electron chi connectivity index (χ4n) is 3.06. The summed E-state index contributed by atoms with van der Waals surface area (Å²) in [5, 5.41) is 7.18. The Morgan fingerprint density at radius 1 is 1.25 bits per heavy atom. The van der Waals surface area contributed by atoms with Crippen LogP contribution in [0.2, 0.25) is 0 Å². The van der Waals surface area contributed by atoms with E-state index in [4.69, 9.17) is 0 Å². The van der Waals surface area contributed by atoms with Crippen LogP contribution in [0, 0.1) is 6.92 Å². The maximum atomic E-state index is 4.37. The Bertz CT molecular complexity index is 542. The van der Waals surface area contributed by atoms with Crippen molar-refractivity contribution in [2.75, 3.05) is 13.1 Å².